The van der Waals surface area contributed by atoms with Crippen LogP contribution in [0, 0.1) is 22.7 Å². The van der Waals surface area contributed by atoms with Crippen LogP contribution in [0.2, 0.25) is 0 Å². The van der Waals surface area contributed by atoms with Crippen LogP contribution in [-0.2, 0) is 9.59 Å². The maximum Gasteiger partial charge on any atom is 0.311 e. The summed E-state index contributed by atoms with van der Waals surface area (Å²) in [5.74, 6) is -1.08. The Morgan fingerprint density at radius 2 is 1.23 bits per heavy atom. The fraction of sp³-hybridized carbons (Fsp3) is 0.926. The molecule has 182 valence electrons. The van der Waals surface area contributed by atoms with E-state index >= 15 is 0 Å². The van der Waals surface area contributed by atoms with Crippen LogP contribution in [0.25, 0.3) is 0 Å². The SMILES string of the molecule is CCC(C)C1(C(=O)O)CCCCC1(CCCCCCCCCCCCC(C)C)C(=O)O. The standard InChI is InChI=1S/C27H50O4/c1-5-23(4)27(25(30)31)21-17-16-20-26(27,24(28)29)19-15-13-11-9-7-6-8-10-12-14-18-22(2)3/h22-23H,5-21H2,1-4H3,(H,28,29)(H,30,31). The van der Waals surface area contributed by atoms with Gasteiger partial charge in [0, 0.05) is 0 Å². The fourth-order valence-corrected chi connectivity index (χ4v) is 6.03. The van der Waals surface area contributed by atoms with Gasteiger partial charge in [-0.25, -0.2) is 0 Å². The molecule has 0 aliphatic heterocycles. The molecule has 0 aromatic rings. The minimum Gasteiger partial charge on any atom is -0.481 e. The third-order valence-corrected chi connectivity index (χ3v) is 8.16. The molecule has 2 N–H and O–H groups in total. The number of aliphatic carboxylic acids is 2. The number of rotatable bonds is 17. The van der Waals surface area contributed by atoms with Crippen molar-refractivity contribution >= 4 is 11.9 Å². The molecule has 0 saturated heterocycles. The lowest BCUT2D eigenvalue weighted by Gasteiger charge is -2.51. The van der Waals surface area contributed by atoms with Gasteiger partial charge in [0.2, 0.25) is 0 Å². The lowest BCUT2D eigenvalue weighted by Crippen LogP contribution is -2.57. The number of hydrogen-bond donors (Lipinski definition) is 2. The van der Waals surface area contributed by atoms with Crippen LogP contribution in [0.1, 0.15) is 137 Å². The summed E-state index contributed by atoms with van der Waals surface area (Å²) in [7, 11) is 0. The Morgan fingerprint density at radius 3 is 1.68 bits per heavy atom. The van der Waals surface area contributed by atoms with Gasteiger partial charge in [0.1, 0.15) is 0 Å². The van der Waals surface area contributed by atoms with E-state index in [1.807, 2.05) is 13.8 Å². The summed E-state index contributed by atoms with van der Waals surface area (Å²) in [6.45, 7) is 8.51. The van der Waals surface area contributed by atoms with Crippen LogP contribution in [0.4, 0.5) is 0 Å². The van der Waals surface area contributed by atoms with Gasteiger partial charge in [0.05, 0.1) is 10.8 Å². The van der Waals surface area contributed by atoms with Gasteiger partial charge in [-0.15, -0.1) is 0 Å². The van der Waals surface area contributed by atoms with Crippen LogP contribution in [0.3, 0.4) is 0 Å². The predicted octanol–water partition coefficient (Wildman–Crippen LogP) is 8.09. The molecular formula is C27H50O4. The Bertz CT molecular complexity index is 529. The molecule has 1 fully saturated rings. The lowest BCUT2D eigenvalue weighted by atomic mass is 9.49. The maximum absolute atomic E-state index is 12.5. The summed E-state index contributed by atoms with van der Waals surface area (Å²) in [4.78, 5) is 25.0. The van der Waals surface area contributed by atoms with E-state index in [9.17, 15) is 19.8 Å². The van der Waals surface area contributed by atoms with Crippen molar-refractivity contribution in [2.45, 2.75) is 137 Å². The summed E-state index contributed by atoms with van der Waals surface area (Å²) in [5.41, 5.74) is -2.23. The van der Waals surface area contributed by atoms with E-state index in [-0.39, 0.29) is 5.92 Å². The topological polar surface area (TPSA) is 74.6 Å². The van der Waals surface area contributed by atoms with E-state index < -0.39 is 22.8 Å². The normalized spacial score (nSPS) is 24.9. The van der Waals surface area contributed by atoms with E-state index in [4.69, 9.17) is 0 Å². The van der Waals surface area contributed by atoms with Gasteiger partial charge in [-0.2, -0.15) is 0 Å². The quantitative estimate of drug-likeness (QED) is 0.225. The lowest BCUT2D eigenvalue weighted by molar-refractivity contribution is -0.188. The molecule has 0 radical (unpaired) electrons. The highest BCUT2D eigenvalue weighted by Crippen LogP contribution is 2.58. The van der Waals surface area contributed by atoms with E-state index in [0.717, 1.165) is 38.0 Å². The Balaban J connectivity index is 2.45. The molecule has 1 rings (SSSR count). The second kappa shape index (κ2) is 14.2. The minimum absolute atomic E-state index is 0.123. The molecule has 1 aliphatic rings. The van der Waals surface area contributed by atoms with E-state index in [2.05, 4.69) is 13.8 Å². The average molecular weight is 439 g/mol. The highest BCUT2D eigenvalue weighted by Gasteiger charge is 2.63. The summed E-state index contributed by atoms with van der Waals surface area (Å²) < 4.78 is 0. The van der Waals surface area contributed by atoms with Crippen LogP contribution in [0.15, 0.2) is 0 Å². The Labute approximate surface area is 191 Å². The highest BCUT2D eigenvalue weighted by atomic mass is 16.4. The Kier molecular flexibility index (Phi) is 12.8. The van der Waals surface area contributed by atoms with Gasteiger partial charge in [0.25, 0.3) is 0 Å². The van der Waals surface area contributed by atoms with Crippen molar-refractivity contribution in [3.8, 4) is 0 Å². The van der Waals surface area contributed by atoms with Crippen LogP contribution in [0.5, 0.6) is 0 Å². The number of carbonyl (C=O) groups is 2. The molecular weight excluding hydrogens is 388 g/mol. The van der Waals surface area contributed by atoms with Crippen molar-refractivity contribution in [3.05, 3.63) is 0 Å². The predicted molar refractivity (Wildman–Crippen MR) is 128 cm³/mol. The van der Waals surface area contributed by atoms with Crippen molar-refractivity contribution in [1.82, 2.24) is 0 Å². The first-order chi connectivity index (χ1) is 14.7. The summed E-state index contributed by atoms with van der Waals surface area (Å²) >= 11 is 0. The Morgan fingerprint density at radius 1 is 0.742 bits per heavy atom. The molecule has 0 heterocycles. The number of unbranched alkanes of at least 4 members (excludes halogenated alkanes) is 9. The molecule has 31 heavy (non-hydrogen) atoms. The second-order valence-corrected chi connectivity index (χ2v) is 10.6. The van der Waals surface area contributed by atoms with Crippen molar-refractivity contribution in [2.24, 2.45) is 22.7 Å². The van der Waals surface area contributed by atoms with Gasteiger partial charge in [-0.3, -0.25) is 9.59 Å². The Hall–Kier alpha value is -1.06. The first-order valence-corrected chi connectivity index (χ1v) is 13.2. The van der Waals surface area contributed by atoms with Crippen molar-refractivity contribution in [3.63, 3.8) is 0 Å². The van der Waals surface area contributed by atoms with Crippen LogP contribution >= 0.6 is 0 Å². The van der Waals surface area contributed by atoms with Crippen LogP contribution < -0.4 is 0 Å². The monoisotopic (exact) mass is 438 g/mol. The van der Waals surface area contributed by atoms with Crippen molar-refractivity contribution in [2.75, 3.05) is 0 Å². The largest absolute Gasteiger partial charge is 0.481 e. The number of hydrogen-bond acceptors (Lipinski definition) is 2. The van der Waals surface area contributed by atoms with Crippen molar-refractivity contribution in [1.29, 1.82) is 0 Å². The summed E-state index contributed by atoms with van der Waals surface area (Å²) in [5, 5.41) is 20.5. The molecule has 0 aromatic carbocycles. The van der Waals surface area contributed by atoms with E-state index in [1.165, 1.54) is 51.4 Å². The van der Waals surface area contributed by atoms with Gasteiger partial charge in [-0.05, 0) is 31.1 Å². The summed E-state index contributed by atoms with van der Waals surface area (Å²) in [6.07, 6.45) is 17.4. The van der Waals surface area contributed by atoms with E-state index in [1.54, 1.807) is 0 Å². The molecule has 4 heteroatoms. The fourth-order valence-electron chi connectivity index (χ4n) is 6.03. The first kappa shape index (κ1) is 28.0. The zero-order valence-corrected chi connectivity index (χ0v) is 20.9. The second-order valence-electron chi connectivity index (χ2n) is 10.6. The molecule has 1 aliphatic carbocycles. The zero-order valence-electron chi connectivity index (χ0n) is 20.9. The number of carboxylic acids is 2. The smallest absolute Gasteiger partial charge is 0.311 e. The highest BCUT2D eigenvalue weighted by molar-refractivity contribution is 5.87. The van der Waals surface area contributed by atoms with Gasteiger partial charge in [0.15, 0.2) is 0 Å². The molecule has 0 amide bonds. The zero-order chi connectivity index (χ0) is 23.3. The van der Waals surface area contributed by atoms with Gasteiger partial charge >= 0.3 is 11.9 Å². The first-order valence-electron chi connectivity index (χ1n) is 13.2. The maximum atomic E-state index is 12.5. The van der Waals surface area contributed by atoms with Crippen molar-refractivity contribution < 1.29 is 19.8 Å². The molecule has 0 spiro atoms. The van der Waals surface area contributed by atoms with Gasteiger partial charge < -0.3 is 10.2 Å². The molecule has 1 saturated carbocycles. The van der Waals surface area contributed by atoms with Gasteiger partial charge in [-0.1, -0.05) is 118 Å². The third-order valence-electron chi connectivity index (χ3n) is 8.16. The molecule has 3 atom stereocenters. The molecule has 0 bridgehead atoms. The van der Waals surface area contributed by atoms with E-state index in [0.29, 0.717) is 25.7 Å². The molecule has 0 aromatic heterocycles. The third kappa shape index (κ3) is 7.49. The van der Waals surface area contributed by atoms with Crippen LogP contribution in [-0.4, -0.2) is 22.2 Å². The molecule has 3 unspecified atom stereocenters. The minimum atomic E-state index is -1.12. The summed E-state index contributed by atoms with van der Waals surface area (Å²) in [6, 6.07) is 0. The average Bonchev–Trinajstić information content (AvgIpc) is 2.73. The number of carboxylic acid groups (broad SMARTS) is 2. The molecule has 4 nitrogen and oxygen atoms in total.